The second-order valence-corrected chi connectivity index (χ2v) is 4.85. The van der Waals surface area contributed by atoms with Gasteiger partial charge in [-0.3, -0.25) is 0 Å². The summed E-state index contributed by atoms with van der Waals surface area (Å²) in [6.07, 6.45) is 0. The molecule has 0 spiro atoms. The maximum Gasteiger partial charge on any atom is 0.147 e. The monoisotopic (exact) mass is 311 g/mol. The van der Waals surface area contributed by atoms with Crippen molar-refractivity contribution >= 4 is 27.5 Å². The fraction of sp³-hybridized carbons (Fsp3) is 0.0769. The van der Waals surface area contributed by atoms with Crippen molar-refractivity contribution in [2.75, 3.05) is 0 Å². The molecule has 2 aromatic carbocycles. The molecule has 2 rings (SSSR count). The molecule has 2 N–H and O–H groups in total. The third-order valence-electron chi connectivity index (χ3n) is 2.26. The summed E-state index contributed by atoms with van der Waals surface area (Å²) in [5, 5.41) is 0.575. The quantitative estimate of drug-likeness (QED) is 0.914. The fourth-order valence-electron chi connectivity index (χ4n) is 1.42. The van der Waals surface area contributed by atoms with E-state index in [0.29, 0.717) is 17.3 Å². The summed E-state index contributed by atoms with van der Waals surface area (Å²) in [6, 6.07) is 13.1. The third-order valence-corrected chi connectivity index (χ3v) is 3.06. The van der Waals surface area contributed by atoms with Crippen LogP contribution in [-0.4, -0.2) is 0 Å². The van der Waals surface area contributed by atoms with Gasteiger partial charge in [-0.2, -0.15) is 0 Å². The van der Waals surface area contributed by atoms with E-state index in [0.717, 1.165) is 15.8 Å². The van der Waals surface area contributed by atoms with Crippen molar-refractivity contribution in [3.63, 3.8) is 0 Å². The molecule has 0 aliphatic rings. The minimum atomic E-state index is 0.490. The van der Waals surface area contributed by atoms with Crippen LogP contribution in [-0.2, 0) is 6.54 Å². The van der Waals surface area contributed by atoms with Crippen molar-refractivity contribution in [2.45, 2.75) is 6.54 Å². The van der Waals surface area contributed by atoms with Gasteiger partial charge in [0.05, 0.1) is 5.02 Å². The molecule has 4 heteroatoms. The summed E-state index contributed by atoms with van der Waals surface area (Å²) in [6.45, 7) is 0.490. The van der Waals surface area contributed by atoms with E-state index in [2.05, 4.69) is 15.9 Å². The van der Waals surface area contributed by atoms with Gasteiger partial charge in [0.15, 0.2) is 0 Å². The van der Waals surface area contributed by atoms with E-state index in [-0.39, 0.29) is 0 Å². The number of ether oxygens (including phenoxy) is 1. The molecular weight excluding hydrogens is 302 g/mol. The minimum absolute atomic E-state index is 0.490. The third kappa shape index (κ3) is 3.22. The van der Waals surface area contributed by atoms with Gasteiger partial charge in [0.2, 0.25) is 0 Å². The lowest BCUT2D eigenvalue weighted by molar-refractivity contribution is 0.482. The molecule has 2 aromatic rings. The molecule has 17 heavy (non-hydrogen) atoms. The highest BCUT2D eigenvalue weighted by Gasteiger charge is 2.04. The Morgan fingerprint density at radius 2 is 2.00 bits per heavy atom. The van der Waals surface area contributed by atoms with Crippen molar-refractivity contribution < 1.29 is 4.74 Å². The van der Waals surface area contributed by atoms with Crippen LogP contribution in [0.2, 0.25) is 5.02 Å². The van der Waals surface area contributed by atoms with Crippen LogP contribution < -0.4 is 10.5 Å². The molecule has 0 saturated heterocycles. The lowest BCUT2D eigenvalue weighted by Crippen LogP contribution is -1.96. The van der Waals surface area contributed by atoms with Crippen LogP contribution in [0.15, 0.2) is 46.9 Å². The summed E-state index contributed by atoms with van der Waals surface area (Å²) in [4.78, 5) is 0. The highest BCUT2D eigenvalue weighted by molar-refractivity contribution is 9.10. The van der Waals surface area contributed by atoms with Crippen LogP contribution in [0.25, 0.3) is 0 Å². The molecule has 0 aliphatic heterocycles. The molecule has 0 fully saturated rings. The van der Waals surface area contributed by atoms with Crippen molar-refractivity contribution in [3.05, 3.63) is 57.5 Å². The lowest BCUT2D eigenvalue weighted by Gasteiger charge is -2.09. The molecule has 0 radical (unpaired) electrons. The van der Waals surface area contributed by atoms with Gasteiger partial charge in [-0.1, -0.05) is 39.7 Å². The first-order valence-electron chi connectivity index (χ1n) is 5.11. The fourth-order valence-corrected chi connectivity index (χ4v) is 1.91. The van der Waals surface area contributed by atoms with Gasteiger partial charge in [0, 0.05) is 11.0 Å². The molecule has 0 atom stereocenters. The standard InChI is InChI=1S/C13H11BrClNO/c14-10-4-5-12(15)13(7-10)17-11-3-1-2-9(6-11)8-16/h1-7H,8,16H2. The van der Waals surface area contributed by atoms with E-state index in [1.165, 1.54) is 0 Å². The molecule has 0 heterocycles. The molecule has 2 nitrogen and oxygen atoms in total. The molecule has 0 aliphatic carbocycles. The van der Waals surface area contributed by atoms with E-state index >= 15 is 0 Å². The number of hydrogen-bond donors (Lipinski definition) is 1. The SMILES string of the molecule is NCc1cccc(Oc2cc(Br)ccc2Cl)c1. The zero-order valence-corrected chi connectivity index (χ0v) is 11.3. The van der Waals surface area contributed by atoms with Gasteiger partial charge in [-0.15, -0.1) is 0 Å². The highest BCUT2D eigenvalue weighted by Crippen LogP contribution is 2.32. The zero-order valence-electron chi connectivity index (χ0n) is 8.99. The van der Waals surface area contributed by atoms with Gasteiger partial charge in [-0.05, 0) is 35.9 Å². The number of rotatable bonds is 3. The van der Waals surface area contributed by atoms with E-state index in [4.69, 9.17) is 22.1 Å². The normalized spacial score (nSPS) is 10.3. The Balaban J connectivity index is 2.27. The smallest absolute Gasteiger partial charge is 0.147 e. The average molecular weight is 313 g/mol. The molecule has 0 bridgehead atoms. The van der Waals surface area contributed by atoms with Crippen LogP contribution >= 0.6 is 27.5 Å². The molecule has 0 saturated carbocycles. The maximum atomic E-state index is 6.05. The van der Waals surface area contributed by atoms with E-state index in [1.54, 1.807) is 6.07 Å². The van der Waals surface area contributed by atoms with Crippen LogP contribution in [0.4, 0.5) is 0 Å². The van der Waals surface area contributed by atoms with Crippen molar-refractivity contribution in [2.24, 2.45) is 5.73 Å². The van der Waals surface area contributed by atoms with Crippen LogP contribution in [0.1, 0.15) is 5.56 Å². The van der Waals surface area contributed by atoms with Gasteiger partial charge in [0.1, 0.15) is 11.5 Å². The number of benzene rings is 2. The first-order chi connectivity index (χ1) is 8.19. The second-order valence-electron chi connectivity index (χ2n) is 3.53. The van der Waals surface area contributed by atoms with Crippen molar-refractivity contribution in [1.29, 1.82) is 0 Å². The number of hydrogen-bond acceptors (Lipinski definition) is 2. The van der Waals surface area contributed by atoms with Crippen LogP contribution in [0.3, 0.4) is 0 Å². The predicted molar refractivity (Wildman–Crippen MR) is 73.6 cm³/mol. The van der Waals surface area contributed by atoms with E-state index in [1.807, 2.05) is 36.4 Å². The van der Waals surface area contributed by atoms with Gasteiger partial charge >= 0.3 is 0 Å². The van der Waals surface area contributed by atoms with Crippen LogP contribution in [0, 0.1) is 0 Å². The highest BCUT2D eigenvalue weighted by atomic mass is 79.9. The summed E-state index contributed by atoms with van der Waals surface area (Å²) >= 11 is 9.43. The first kappa shape index (κ1) is 12.4. The Kier molecular flexibility index (Phi) is 4.05. The Bertz CT molecular complexity index is 531. The first-order valence-corrected chi connectivity index (χ1v) is 6.28. The lowest BCUT2D eigenvalue weighted by atomic mass is 10.2. The average Bonchev–Trinajstić information content (AvgIpc) is 2.34. The Hall–Kier alpha value is -1.03. The molecule has 88 valence electrons. The number of halogens is 2. The molecule has 0 unspecified atom stereocenters. The maximum absolute atomic E-state index is 6.05. The molecule has 0 amide bonds. The van der Waals surface area contributed by atoms with Crippen molar-refractivity contribution in [1.82, 2.24) is 0 Å². The Morgan fingerprint density at radius 1 is 1.18 bits per heavy atom. The number of nitrogens with two attached hydrogens (primary N) is 1. The van der Waals surface area contributed by atoms with Crippen molar-refractivity contribution in [3.8, 4) is 11.5 Å². The van der Waals surface area contributed by atoms with E-state index < -0.39 is 0 Å². The second kappa shape index (κ2) is 5.54. The largest absolute Gasteiger partial charge is 0.456 e. The minimum Gasteiger partial charge on any atom is -0.456 e. The van der Waals surface area contributed by atoms with E-state index in [9.17, 15) is 0 Å². The molecule has 0 aromatic heterocycles. The molecular formula is C13H11BrClNO. The van der Waals surface area contributed by atoms with Gasteiger partial charge < -0.3 is 10.5 Å². The predicted octanol–water partition coefficient (Wildman–Crippen LogP) is 4.35. The topological polar surface area (TPSA) is 35.2 Å². The summed E-state index contributed by atoms with van der Waals surface area (Å²) in [5.41, 5.74) is 6.60. The zero-order chi connectivity index (χ0) is 12.3. The van der Waals surface area contributed by atoms with Gasteiger partial charge in [-0.25, -0.2) is 0 Å². The van der Waals surface area contributed by atoms with Gasteiger partial charge in [0.25, 0.3) is 0 Å². The Morgan fingerprint density at radius 3 is 2.76 bits per heavy atom. The summed E-state index contributed by atoms with van der Waals surface area (Å²) in [5.74, 6) is 1.35. The summed E-state index contributed by atoms with van der Waals surface area (Å²) < 4.78 is 6.64. The van der Waals surface area contributed by atoms with Crippen LogP contribution in [0.5, 0.6) is 11.5 Å². The summed E-state index contributed by atoms with van der Waals surface area (Å²) in [7, 11) is 0. The Labute approximate surface area is 113 Å².